The molecule has 1 saturated carbocycles. The quantitative estimate of drug-likeness (QED) is 0.159. The van der Waals surface area contributed by atoms with Crippen LogP contribution in [0.2, 0.25) is 25.7 Å². The van der Waals surface area contributed by atoms with Crippen molar-refractivity contribution in [1.82, 2.24) is 20.9 Å². The van der Waals surface area contributed by atoms with Crippen LogP contribution in [-0.2, 0) is 28.6 Å². The molecule has 14 heteroatoms. The molecule has 254 valence electrons. The normalized spacial score (nSPS) is 28.5. The summed E-state index contributed by atoms with van der Waals surface area (Å²) < 4.78 is 15.5. The van der Waals surface area contributed by atoms with E-state index in [-0.39, 0.29) is 32.1 Å². The molecule has 1 aliphatic carbocycles. The van der Waals surface area contributed by atoms with Crippen LogP contribution in [0.15, 0.2) is 12.2 Å². The first kappa shape index (κ1) is 36.7. The maximum atomic E-state index is 14.4. The van der Waals surface area contributed by atoms with E-state index < -0.39 is 72.1 Å². The minimum absolute atomic E-state index is 0.0169. The van der Waals surface area contributed by atoms with Gasteiger partial charge in [0.05, 0.1) is 19.3 Å². The molecule has 0 bridgehead atoms. The Bertz CT molecular complexity index is 1170. The summed E-state index contributed by atoms with van der Waals surface area (Å²) >= 11 is 1.52. The van der Waals surface area contributed by atoms with E-state index >= 15 is 0 Å². The number of fused-ring (bicyclic) bond motifs is 2. The second-order valence-corrected chi connectivity index (χ2v) is 22.1. The number of carbonyl (C=O) groups is 5. The van der Waals surface area contributed by atoms with E-state index in [9.17, 15) is 24.0 Å². The second-order valence-electron chi connectivity index (χ2n) is 14.8. The van der Waals surface area contributed by atoms with E-state index in [4.69, 9.17) is 14.2 Å². The van der Waals surface area contributed by atoms with Crippen molar-refractivity contribution in [3.05, 3.63) is 12.2 Å². The zero-order valence-corrected chi connectivity index (χ0v) is 30.1. The number of esters is 1. The predicted octanol–water partition coefficient (Wildman–Crippen LogP) is 3.82. The Morgan fingerprint density at radius 2 is 1.80 bits per heavy atom. The van der Waals surface area contributed by atoms with Crippen molar-refractivity contribution < 1.29 is 38.2 Å². The van der Waals surface area contributed by atoms with Crippen molar-refractivity contribution in [3.8, 4) is 0 Å². The molecule has 2 heterocycles. The van der Waals surface area contributed by atoms with Gasteiger partial charge in [-0.15, -0.1) is 0 Å². The van der Waals surface area contributed by atoms with Crippen LogP contribution in [0.4, 0.5) is 9.59 Å². The van der Waals surface area contributed by atoms with Gasteiger partial charge in [0, 0.05) is 25.3 Å². The summed E-state index contributed by atoms with van der Waals surface area (Å²) in [5, 5.41) is 8.51. The molecule has 12 nitrogen and oxygen atoms in total. The summed E-state index contributed by atoms with van der Waals surface area (Å²) in [6.07, 6.45) is 3.69. The van der Waals surface area contributed by atoms with Crippen LogP contribution < -0.4 is 16.0 Å². The Morgan fingerprint density at radius 3 is 2.42 bits per heavy atom. The number of hydrogen-bond acceptors (Lipinski definition) is 9. The summed E-state index contributed by atoms with van der Waals surface area (Å²) in [6, 6.07) is -1.87. The lowest BCUT2D eigenvalue weighted by atomic mass is 10.0. The highest BCUT2D eigenvalue weighted by molar-refractivity contribution is 8.00. The number of nitrogens with one attached hydrogen (secondary N) is 3. The number of nitrogens with zero attached hydrogens (tertiary/aromatic N) is 1. The molecule has 2 fully saturated rings. The van der Waals surface area contributed by atoms with Crippen LogP contribution in [0.1, 0.15) is 60.8 Å². The van der Waals surface area contributed by atoms with Crippen molar-refractivity contribution in [3.63, 3.8) is 0 Å². The van der Waals surface area contributed by atoms with Crippen LogP contribution in [0.25, 0.3) is 0 Å². The van der Waals surface area contributed by atoms with Crippen molar-refractivity contribution in [1.29, 1.82) is 0 Å². The van der Waals surface area contributed by atoms with Crippen LogP contribution in [-0.4, -0.2) is 102 Å². The lowest BCUT2D eigenvalue weighted by Gasteiger charge is -2.37. The van der Waals surface area contributed by atoms with Gasteiger partial charge in [0.25, 0.3) is 0 Å². The maximum Gasteiger partial charge on any atom is 0.408 e. The highest BCUT2D eigenvalue weighted by Crippen LogP contribution is 2.46. The fraction of sp³-hybridized carbons (Fsp3) is 0.774. The number of ether oxygens (including phenoxy) is 3. The molecule has 0 aromatic heterocycles. The Balaban J connectivity index is 1.94. The van der Waals surface area contributed by atoms with Gasteiger partial charge in [-0.25, -0.2) is 14.4 Å². The standard InChI is InChI=1S/C31H52N4O8SSi/c1-10-41-26(38)31-18-20(31)13-11-12-15-44-30(5,6)23(33-28(40)43-29(2,3)4)25(37)35-19-21(17-22(35)24(36)34-31)32-27(39)42-14-16-45(7,8)9/h11,13,20-23H,10,12,14-19H2,1-9H3,(H,32,39)(H,33,40)(H,34,36)/t20-,21-,22+,23-,31-/m1/s1. The van der Waals surface area contributed by atoms with Gasteiger partial charge in [-0.3, -0.25) is 9.59 Å². The van der Waals surface area contributed by atoms with Crippen LogP contribution in [0.5, 0.6) is 0 Å². The number of carbonyl (C=O) groups excluding carboxylic acids is 5. The van der Waals surface area contributed by atoms with Gasteiger partial charge in [0.1, 0.15) is 23.2 Å². The summed E-state index contributed by atoms with van der Waals surface area (Å²) in [4.78, 5) is 68.5. The van der Waals surface area contributed by atoms with Crippen LogP contribution >= 0.6 is 11.8 Å². The SMILES string of the molecule is CCOC(=O)[C@@]12C[C@H]1C=CCCSC(C)(C)[C@H](NC(=O)OC(C)(C)C)C(=O)N1C[C@H](NC(=O)OCC[Si](C)(C)C)C[C@H]1C(=O)N2. The van der Waals surface area contributed by atoms with Crippen LogP contribution in [0.3, 0.4) is 0 Å². The molecule has 3 rings (SSSR count). The third-order valence-electron chi connectivity index (χ3n) is 8.02. The summed E-state index contributed by atoms with van der Waals surface area (Å²) in [5.74, 6) is -1.12. The summed E-state index contributed by atoms with van der Waals surface area (Å²) in [5.41, 5.74) is -2.01. The van der Waals surface area contributed by atoms with Gasteiger partial charge in [-0.05, 0) is 72.6 Å². The molecule has 4 amide bonds. The van der Waals surface area contributed by atoms with Gasteiger partial charge >= 0.3 is 18.2 Å². The minimum atomic E-state index is -1.42. The van der Waals surface area contributed by atoms with Gasteiger partial charge in [0.2, 0.25) is 11.8 Å². The fourth-order valence-corrected chi connectivity index (χ4v) is 7.28. The Kier molecular flexibility index (Phi) is 11.7. The van der Waals surface area contributed by atoms with Crippen molar-refractivity contribution in [2.75, 3.05) is 25.5 Å². The molecule has 2 aliphatic heterocycles. The first-order valence-corrected chi connectivity index (χ1v) is 20.5. The highest BCUT2D eigenvalue weighted by Gasteiger charge is 2.62. The maximum absolute atomic E-state index is 14.4. The third kappa shape index (κ3) is 10.1. The van der Waals surface area contributed by atoms with E-state index in [2.05, 4.69) is 35.6 Å². The molecule has 45 heavy (non-hydrogen) atoms. The van der Waals surface area contributed by atoms with Gasteiger partial charge in [0.15, 0.2) is 0 Å². The Labute approximate surface area is 272 Å². The minimum Gasteiger partial charge on any atom is -0.464 e. The Morgan fingerprint density at radius 1 is 1.11 bits per heavy atom. The molecule has 5 atom stereocenters. The monoisotopic (exact) mass is 668 g/mol. The molecule has 3 aliphatic rings. The molecular weight excluding hydrogens is 617 g/mol. The van der Waals surface area contributed by atoms with E-state index in [0.29, 0.717) is 18.6 Å². The number of hydrogen-bond donors (Lipinski definition) is 3. The number of allylic oxidation sites excluding steroid dienone is 1. The molecule has 0 spiro atoms. The first-order chi connectivity index (χ1) is 20.8. The van der Waals surface area contributed by atoms with Crippen molar-refractivity contribution in [2.45, 2.75) is 121 Å². The number of amides is 4. The molecular formula is C31H52N4O8SSi. The smallest absolute Gasteiger partial charge is 0.408 e. The van der Waals surface area contributed by atoms with Crippen molar-refractivity contribution in [2.24, 2.45) is 5.92 Å². The highest BCUT2D eigenvalue weighted by atomic mass is 32.2. The second kappa shape index (κ2) is 14.4. The zero-order valence-electron chi connectivity index (χ0n) is 28.2. The Hall–Kier alpha value is -2.74. The summed E-state index contributed by atoms with van der Waals surface area (Å²) in [6.45, 7) is 17.7. The first-order valence-electron chi connectivity index (χ1n) is 15.8. The van der Waals surface area contributed by atoms with Gasteiger partial charge < -0.3 is 35.1 Å². The zero-order chi connectivity index (χ0) is 33.8. The molecule has 0 aromatic rings. The topological polar surface area (TPSA) is 152 Å². The van der Waals surface area contributed by atoms with E-state index in [1.807, 2.05) is 26.0 Å². The third-order valence-corrected chi connectivity index (χ3v) is 11.1. The van der Waals surface area contributed by atoms with Crippen molar-refractivity contribution >= 4 is 49.8 Å². The molecule has 1 saturated heterocycles. The van der Waals surface area contributed by atoms with E-state index in [1.165, 1.54) is 16.7 Å². The average Bonchev–Trinajstić information content (AvgIpc) is 3.42. The van der Waals surface area contributed by atoms with E-state index in [0.717, 1.165) is 6.04 Å². The lowest BCUT2D eigenvalue weighted by molar-refractivity contribution is -0.150. The number of thioether (sulfide) groups is 1. The number of alkyl carbamates (subject to hydrolysis) is 2. The van der Waals surface area contributed by atoms with Gasteiger partial charge in [-0.2, -0.15) is 11.8 Å². The number of rotatable bonds is 7. The lowest BCUT2D eigenvalue weighted by Crippen LogP contribution is -2.61. The summed E-state index contributed by atoms with van der Waals surface area (Å²) in [7, 11) is -1.42. The molecule has 3 N–H and O–H groups in total. The molecule has 0 radical (unpaired) electrons. The fourth-order valence-electron chi connectivity index (χ4n) is 5.46. The predicted molar refractivity (Wildman–Crippen MR) is 176 cm³/mol. The largest absolute Gasteiger partial charge is 0.464 e. The van der Waals surface area contributed by atoms with Crippen LogP contribution in [0, 0.1) is 5.92 Å². The van der Waals surface area contributed by atoms with E-state index in [1.54, 1.807) is 27.7 Å². The molecule has 0 aromatic carbocycles. The molecule has 0 unspecified atom stereocenters. The average molecular weight is 669 g/mol. The van der Waals surface area contributed by atoms with Gasteiger partial charge in [-0.1, -0.05) is 31.8 Å².